The Morgan fingerprint density at radius 3 is 2.36 bits per heavy atom. The van der Waals surface area contributed by atoms with Crippen LogP contribution in [0.25, 0.3) is 0 Å². The van der Waals surface area contributed by atoms with Gasteiger partial charge in [-0.1, -0.05) is 30.3 Å². The first-order chi connectivity index (χ1) is 12.0. The van der Waals surface area contributed by atoms with Gasteiger partial charge in [-0.15, -0.1) is 0 Å². The summed E-state index contributed by atoms with van der Waals surface area (Å²) in [4.78, 5) is 27.1. The first kappa shape index (κ1) is 16.7. The number of ether oxygens (including phenoxy) is 2. The highest BCUT2D eigenvalue weighted by Gasteiger charge is 2.50. The number of carbonyl (C=O) groups excluding carboxylic acids is 2. The van der Waals surface area contributed by atoms with Crippen molar-refractivity contribution in [2.75, 3.05) is 19.8 Å². The van der Waals surface area contributed by atoms with E-state index in [2.05, 4.69) is 0 Å². The van der Waals surface area contributed by atoms with Crippen LogP contribution in [0.1, 0.15) is 44.6 Å². The molecule has 5 heteroatoms. The van der Waals surface area contributed by atoms with E-state index < -0.39 is 11.2 Å². The summed E-state index contributed by atoms with van der Waals surface area (Å²) in [5.41, 5.74) is 0.192. The first-order valence-electron chi connectivity index (χ1n) is 9.21. The molecule has 2 amide bonds. The molecule has 134 valence electrons. The summed E-state index contributed by atoms with van der Waals surface area (Å²) in [7, 11) is 0. The second-order valence-electron chi connectivity index (χ2n) is 7.74. The fraction of sp³-hybridized carbons (Fsp3) is 0.600. The Balaban J connectivity index is 1.43. The van der Waals surface area contributed by atoms with E-state index in [0.717, 1.165) is 31.2 Å². The van der Waals surface area contributed by atoms with E-state index in [1.165, 1.54) is 4.90 Å². The quantitative estimate of drug-likeness (QED) is 0.792. The van der Waals surface area contributed by atoms with Crippen LogP contribution >= 0.6 is 0 Å². The van der Waals surface area contributed by atoms with E-state index in [4.69, 9.17) is 9.47 Å². The lowest BCUT2D eigenvalue weighted by molar-refractivity contribution is -0.183. The lowest BCUT2D eigenvalue weighted by Crippen LogP contribution is -2.42. The molecule has 0 N–H and O–H groups in total. The molecule has 5 nitrogen and oxygen atoms in total. The maximum Gasteiger partial charge on any atom is 0.240 e. The molecule has 2 aliphatic heterocycles. The van der Waals surface area contributed by atoms with Gasteiger partial charge in [0.1, 0.15) is 0 Å². The van der Waals surface area contributed by atoms with Crippen molar-refractivity contribution in [2.24, 2.45) is 5.92 Å². The Hall–Kier alpha value is -1.72. The fourth-order valence-electron chi connectivity index (χ4n) is 4.44. The molecule has 3 fully saturated rings. The number of nitrogens with zero attached hydrogens (tertiary/aromatic N) is 1. The van der Waals surface area contributed by atoms with E-state index in [-0.39, 0.29) is 18.2 Å². The summed E-state index contributed by atoms with van der Waals surface area (Å²) in [6, 6.07) is 9.64. The van der Waals surface area contributed by atoms with E-state index in [9.17, 15) is 9.59 Å². The van der Waals surface area contributed by atoms with Gasteiger partial charge in [0.25, 0.3) is 0 Å². The monoisotopic (exact) mass is 343 g/mol. The molecule has 4 rings (SSSR count). The average molecular weight is 343 g/mol. The number of amides is 2. The van der Waals surface area contributed by atoms with Crippen LogP contribution in [0.3, 0.4) is 0 Å². The Morgan fingerprint density at radius 2 is 1.72 bits per heavy atom. The molecule has 25 heavy (non-hydrogen) atoms. The molecule has 0 radical (unpaired) electrons. The van der Waals surface area contributed by atoms with Gasteiger partial charge in [-0.05, 0) is 31.2 Å². The van der Waals surface area contributed by atoms with Gasteiger partial charge in [-0.25, -0.2) is 0 Å². The molecule has 1 aromatic rings. The number of rotatable bonds is 3. The standard InChI is InChI=1S/C20H25NO4/c1-19(16-5-3-2-4-6-16)13-17(22)21(18(19)23)14-15-7-9-20(10-8-15)24-11-12-25-20/h2-6,15H,7-14H2,1H3/t19-/m1/s1. The Bertz CT molecular complexity index is 658. The van der Waals surface area contributed by atoms with Gasteiger partial charge in [-0.3, -0.25) is 14.5 Å². The Kier molecular flexibility index (Phi) is 4.16. The molecule has 1 aromatic carbocycles. The number of likely N-dealkylation sites (tertiary alicyclic amines) is 1. The molecule has 1 saturated carbocycles. The van der Waals surface area contributed by atoms with Crippen LogP contribution in [0.5, 0.6) is 0 Å². The van der Waals surface area contributed by atoms with E-state index >= 15 is 0 Å². The minimum Gasteiger partial charge on any atom is -0.348 e. The number of hydrogen-bond acceptors (Lipinski definition) is 4. The largest absolute Gasteiger partial charge is 0.348 e. The highest BCUT2D eigenvalue weighted by atomic mass is 16.7. The number of hydrogen-bond donors (Lipinski definition) is 0. The van der Waals surface area contributed by atoms with Gasteiger partial charge in [0, 0.05) is 25.8 Å². The summed E-state index contributed by atoms with van der Waals surface area (Å²) < 4.78 is 11.5. The lowest BCUT2D eigenvalue weighted by Gasteiger charge is -2.36. The molecule has 3 aliphatic rings. The Morgan fingerprint density at radius 1 is 1.08 bits per heavy atom. The molecule has 1 atom stereocenters. The van der Waals surface area contributed by atoms with Crippen LogP contribution < -0.4 is 0 Å². The zero-order chi connectivity index (χ0) is 17.5. The normalized spacial score (nSPS) is 29.7. The van der Waals surface area contributed by atoms with Crippen LogP contribution in [0.2, 0.25) is 0 Å². The van der Waals surface area contributed by atoms with E-state index in [1.54, 1.807) is 0 Å². The number of imide groups is 1. The van der Waals surface area contributed by atoms with Gasteiger partial charge < -0.3 is 9.47 Å². The molecule has 0 unspecified atom stereocenters. The van der Waals surface area contributed by atoms with Crippen molar-refractivity contribution in [2.45, 2.75) is 50.2 Å². The second-order valence-corrected chi connectivity index (χ2v) is 7.74. The molecule has 1 aliphatic carbocycles. The summed E-state index contributed by atoms with van der Waals surface area (Å²) in [6.07, 6.45) is 3.82. The first-order valence-corrected chi connectivity index (χ1v) is 9.21. The third-order valence-corrected chi connectivity index (χ3v) is 6.06. The van der Waals surface area contributed by atoms with Crippen molar-refractivity contribution in [3.63, 3.8) is 0 Å². The van der Waals surface area contributed by atoms with Crippen molar-refractivity contribution >= 4 is 11.8 Å². The predicted octanol–water partition coefficient (Wildman–Crippen LogP) is 2.64. The van der Waals surface area contributed by atoms with Crippen LogP contribution in [0.4, 0.5) is 0 Å². The summed E-state index contributed by atoms with van der Waals surface area (Å²) >= 11 is 0. The smallest absolute Gasteiger partial charge is 0.240 e. The minimum absolute atomic E-state index is 0.0509. The molecule has 2 heterocycles. The number of carbonyl (C=O) groups is 2. The average Bonchev–Trinajstić information content (AvgIpc) is 3.17. The molecule has 0 bridgehead atoms. The van der Waals surface area contributed by atoms with Crippen molar-refractivity contribution in [3.8, 4) is 0 Å². The molecule has 2 saturated heterocycles. The topological polar surface area (TPSA) is 55.8 Å². The predicted molar refractivity (Wildman–Crippen MR) is 91.7 cm³/mol. The third kappa shape index (κ3) is 2.89. The molecule has 1 spiro atoms. The maximum absolute atomic E-state index is 13.0. The highest BCUT2D eigenvalue weighted by molar-refractivity contribution is 6.08. The zero-order valence-corrected chi connectivity index (χ0v) is 14.7. The van der Waals surface area contributed by atoms with Crippen LogP contribution in [-0.2, 0) is 24.5 Å². The molecule has 0 aromatic heterocycles. The van der Waals surface area contributed by atoms with Crippen molar-refractivity contribution in [1.29, 1.82) is 0 Å². The summed E-state index contributed by atoms with van der Waals surface area (Å²) in [5.74, 6) is -0.166. The Labute approximate surface area is 148 Å². The van der Waals surface area contributed by atoms with Gasteiger partial charge >= 0.3 is 0 Å². The van der Waals surface area contributed by atoms with Gasteiger partial charge in [0.05, 0.1) is 18.6 Å². The summed E-state index contributed by atoms with van der Waals surface area (Å²) in [6.45, 7) is 3.75. The SMILES string of the molecule is C[C@]1(c2ccccc2)CC(=O)N(CC2CCC3(CC2)OCCO3)C1=O. The maximum atomic E-state index is 13.0. The second kappa shape index (κ2) is 6.22. The fourth-order valence-corrected chi connectivity index (χ4v) is 4.44. The van der Waals surface area contributed by atoms with E-state index in [0.29, 0.717) is 25.7 Å². The van der Waals surface area contributed by atoms with Gasteiger partial charge in [0.2, 0.25) is 11.8 Å². The van der Waals surface area contributed by atoms with Crippen LogP contribution in [-0.4, -0.2) is 42.3 Å². The van der Waals surface area contributed by atoms with E-state index in [1.807, 2.05) is 37.3 Å². The number of benzene rings is 1. The van der Waals surface area contributed by atoms with Gasteiger partial charge in [-0.2, -0.15) is 0 Å². The molecular formula is C20H25NO4. The van der Waals surface area contributed by atoms with Crippen LogP contribution in [0.15, 0.2) is 30.3 Å². The zero-order valence-electron chi connectivity index (χ0n) is 14.7. The van der Waals surface area contributed by atoms with Crippen LogP contribution in [0, 0.1) is 5.92 Å². The lowest BCUT2D eigenvalue weighted by atomic mass is 9.81. The van der Waals surface area contributed by atoms with Crippen molar-refractivity contribution in [3.05, 3.63) is 35.9 Å². The third-order valence-electron chi connectivity index (χ3n) is 6.06. The van der Waals surface area contributed by atoms with Gasteiger partial charge in [0.15, 0.2) is 5.79 Å². The minimum atomic E-state index is -0.730. The summed E-state index contributed by atoms with van der Waals surface area (Å²) in [5, 5.41) is 0. The van der Waals surface area contributed by atoms with Crippen molar-refractivity contribution < 1.29 is 19.1 Å². The van der Waals surface area contributed by atoms with Crippen molar-refractivity contribution in [1.82, 2.24) is 4.90 Å². The molecular weight excluding hydrogens is 318 g/mol. The highest BCUT2D eigenvalue weighted by Crippen LogP contribution is 2.41.